The molecule has 2 fully saturated rings. The van der Waals surface area contributed by atoms with Crippen LogP contribution in [0.1, 0.15) is 39.2 Å². The van der Waals surface area contributed by atoms with Crippen LogP contribution in [-0.4, -0.2) is 53.8 Å². The van der Waals surface area contributed by atoms with Crippen LogP contribution in [0.2, 0.25) is 0 Å². The number of ether oxygens (including phenoxy) is 2. The standard InChI is InChI=1S/C19H27BrN2O3/c1-18(2,3)25-17(23)21-9-10-22(19(13-21)7-8-19)12-14-5-6-16(24-4)15(20)11-14/h5-6,11H,7-10,12-13H2,1-4H3. The first-order valence-electron chi connectivity index (χ1n) is 8.78. The second kappa shape index (κ2) is 6.80. The summed E-state index contributed by atoms with van der Waals surface area (Å²) in [5, 5.41) is 0. The minimum Gasteiger partial charge on any atom is -0.496 e. The Kier molecular flexibility index (Phi) is 5.04. The number of hydrogen-bond donors (Lipinski definition) is 0. The van der Waals surface area contributed by atoms with Crippen molar-refractivity contribution in [1.29, 1.82) is 0 Å². The van der Waals surface area contributed by atoms with E-state index in [4.69, 9.17) is 9.47 Å². The van der Waals surface area contributed by atoms with Crippen molar-refractivity contribution in [2.45, 2.75) is 51.3 Å². The molecule has 0 radical (unpaired) electrons. The van der Waals surface area contributed by atoms with Crippen LogP contribution in [0.3, 0.4) is 0 Å². The third-order valence-corrected chi connectivity index (χ3v) is 5.48. The van der Waals surface area contributed by atoms with Gasteiger partial charge >= 0.3 is 6.09 Å². The summed E-state index contributed by atoms with van der Waals surface area (Å²) in [6, 6.07) is 6.23. The van der Waals surface area contributed by atoms with E-state index in [-0.39, 0.29) is 11.6 Å². The Hall–Kier alpha value is -1.27. The Labute approximate surface area is 158 Å². The summed E-state index contributed by atoms with van der Waals surface area (Å²) in [6.45, 7) is 8.99. The van der Waals surface area contributed by atoms with Crippen LogP contribution in [-0.2, 0) is 11.3 Å². The number of rotatable bonds is 3. The van der Waals surface area contributed by atoms with Crippen molar-refractivity contribution in [3.05, 3.63) is 28.2 Å². The molecule has 1 saturated carbocycles. The Balaban J connectivity index is 1.64. The molecule has 1 aliphatic heterocycles. The SMILES string of the molecule is COc1ccc(CN2CCN(C(=O)OC(C)(C)C)CC23CC3)cc1Br. The minimum atomic E-state index is -0.444. The lowest BCUT2D eigenvalue weighted by Gasteiger charge is -2.42. The summed E-state index contributed by atoms with van der Waals surface area (Å²) in [5.41, 5.74) is 0.937. The van der Waals surface area contributed by atoms with E-state index >= 15 is 0 Å². The highest BCUT2D eigenvalue weighted by molar-refractivity contribution is 9.10. The fourth-order valence-corrected chi connectivity index (χ4v) is 3.98. The quantitative estimate of drug-likeness (QED) is 0.753. The molecule has 25 heavy (non-hydrogen) atoms. The molecule has 6 heteroatoms. The van der Waals surface area contributed by atoms with Gasteiger partial charge in [0, 0.05) is 31.7 Å². The number of carbonyl (C=O) groups excluding carboxylic acids is 1. The molecule has 2 aliphatic rings. The van der Waals surface area contributed by atoms with Gasteiger partial charge in [0.15, 0.2) is 0 Å². The number of amides is 1. The van der Waals surface area contributed by atoms with Crippen LogP contribution in [0.4, 0.5) is 4.79 Å². The number of benzene rings is 1. The van der Waals surface area contributed by atoms with Crippen molar-refractivity contribution < 1.29 is 14.3 Å². The second-order valence-corrected chi connectivity index (χ2v) is 8.87. The fraction of sp³-hybridized carbons (Fsp3) is 0.632. The number of carbonyl (C=O) groups is 1. The monoisotopic (exact) mass is 410 g/mol. The van der Waals surface area contributed by atoms with Crippen molar-refractivity contribution in [2.24, 2.45) is 0 Å². The summed E-state index contributed by atoms with van der Waals surface area (Å²) < 4.78 is 11.8. The van der Waals surface area contributed by atoms with Crippen LogP contribution in [0.5, 0.6) is 5.75 Å². The van der Waals surface area contributed by atoms with Crippen LogP contribution in [0, 0.1) is 0 Å². The molecule has 1 aromatic carbocycles. The number of nitrogens with zero attached hydrogens (tertiary/aromatic N) is 2. The Morgan fingerprint density at radius 2 is 2.00 bits per heavy atom. The van der Waals surface area contributed by atoms with E-state index in [2.05, 4.69) is 33.0 Å². The molecule has 0 aromatic heterocycles. The summed E-state index contributed by atoms with van der Waals surface area (Å²) in [7, 11) is 1.68. The highest BCUT2D eigenvalue weighted by Crippen LogP contribution is 2.45. The molecular formula is C19H27BrN2O3. The molecule has 1 saturated heterocycles. The van der Waals surface area contributed by atoms with E-state index in [1.165, 1.54) is 5.56 Å². The number of piperazine rings is 1. The van der Waals surface area contributed by atoms with E-state index < -0.39 is 5.60 Å². The predicted octanol–water partition coefficient (Wildman–Crippen LogP) is 4.04. The van der Waals surface area contributed by atoms with Crippen molar-refractivity contribution >= 4 is 22.0 Å². The van der Waals surface area contributed by atoms with E-state index in [9.17, 15) is 4.79 Å². The summed E-state index contributed by atoms with van der Waals surface area (Å²) in [5.74, 6) is 0.847. The van der Waals surface area contributed by atoms with Gasteiger partial charge in [0.1, 0.15) is 11.4 Å². The third-order valence-electron chi connectivity index (χ3n) is 4.86. The minimum absolute atomic E-state index is 0.127. The lowest BCUT2D eigenvalue weighted by atomic mass is 10.1. The van der Waals surface area contributed by atoms with E-state index in [0.717, 1.165) is 42.7 Å². The number of hydrogen-bond acceptors (Lipinski definition) is 4. The fourth-order valence-electron chi connectivity index (χ4n) is 3.39. The molecule has 5 nitrogen and oxygen atoms in total. The predicted molar refractivity (Wildman–Crippen MR) is 101 cm³/mol. The van der Waals surface area contributed by atoms with Crippen molar-refractivity contribution in [1.82, 2.24) is 9.80 Å². The smallest absolute Gasteiger partial charge is 0.410 e. The summed E-state index contributed by atoms with van der Waals surface area (Å²) >= 11 is 3.56. The highest BCUT2D eigenvalue weighted by Gasteiger charge is 2.52. The lowest BCUT2D eigenvalue weighted by Crippen LogP contribution is -2.56. The summed E-state index contributed by atoms with van der Waals surface area (Å²) in [4.78, 5) is 16.8. The van der Waals surface area contributed by atoms with Gasteiger partial charge in [0.25, 0.3) is 0 Å². The first-order chi connectivity index (χ1) is 11.7. The maximum atomic E-state index is 12.4. The number of halogens is 1. The van der Waals surface area contributed by atoms with Gasteiger partial charge in [0.05, 0.1) is 11.6 Å². The molecule has 0 bridgehead atoms. The topological polar surface area (TPSA) is 42.0 Å². The molecule has 1 aromatic rings. The zero-order valence-corrected chi connectivity index (χ0v) is 17.1. The normalized spacial score (nSPS) is 19.8. The van der Waals surface area contributed by atoms with Crippen LogP contribution in [0.15, 0.2) is 22.7 Å². The van der Waals surface area contributed by atoms with Crippen LogP contribution < -0.4 is 4.74 Å². The molecule has 1 aliphatic carbocycles. The van der Waals surface area contributed by atoms with E-state index in [1.807, 2.05) is 31.7 Å². The molecule has 0 unspecified atom stereocenters. The van der Waals surface area contributed by atoms with Gasteiger partial charge in [-0.05, 0) is 67.2 Å². The van der Waals surface area contributed by atoms with E-state index in [0.29, 0.717) is 6.54 Å². The first-order valence-corrected chi connectivity index (χ1v) is 9.57. The number of methoxy groups -OCH3 is 1. The maximum Gasteiger partial charge on any atom is 0.410 e. The average molecular weight is 411 g/mol. The zero-order valence-electron chi connectivity index (χ0n) is 15.5. The van der Waals surface area contributed by atoms with Gasteiger partial charge in [-0.25, -0.2) is 4.79 Å². The second-order valence-electron chi connectivity index (χ2n) is 8.02. The Bertz CT molecular complexity index is 653. The largest absolute Gasteiger partial charge is 0.496 e. The van der Waals surface area contributed by atoms with Crippen LogP contribution in [0.25, 0.3) is 0 Å². The molecule has 1 heterocycles. The van der Waals surface area contributed by atoms with Gasteiger partial charge in [0.2, 0.25) is 0 Å². The highest BCUT2D eigenvalue weighted by atomic mass is 79.9. The van der Waals surface area contributed by atoms with Crippen molar-refractivity contribution in [3.63, 3.8) is 0 Å². The van der Waals surface area contributed by atoms with Gasteiger partial charge in [-0.2, -0.15) is 0 Å². The maximum absolute atomic E-state index is 12.4. The Morgan fingerprint density at radius 3 is 2.56 bits per heavy atom. The summed E-state index contributed by atoms with van der Waals surface area (Å²) in [6.07, 6.45) is 2.10. The molecule has 138 valence electrons. The van der Waals surface area contributed by atoms with Gasteiger partial charge < -0.3 is 14.4 Å². The molecular weight excluding hydrogens is 384 g/mol. The lowest BCUT2D eigenvalue weighted by molar-refractivity contribution is -0.00239. The van der Waals surface area contributed by atoms with Crippen molar-refractivity contribution in [2.75, 3.05) is 26.7 Å². The van der Waals surface area contributed by atoms with Crippen molar-refractivity contribution in [3.8, 4) is 5.75 Å². The molecule has 1 spiro atoms. The Morgan fingerprint density at radius 1 is 1.28 bits per heavy atom. The molecule has 0 atom stereocenters. The molecule has 1 amide bonds. The van der Waals surface area contributed by atoms with E-state index in [1.54, 1.807) is 7.11 Å². The van der Waals surface area contributed by atoms with Gasteiger partial charge in [-0.3, -0.25) is 4.90 Å². The third kappa shape index (κ3) is 4.29. The molecule has 3 rings (SSSR count). The van der Waals surface area contributed by atoms with Crippen LogP contribution >= 0.6 is 15.9 Å². The first kappa shape index (κ1) is 18.5. The van der Waals surface area contributed by atoms with Gasteiger partial charge in [-0.1, -0.05) is 6.07 Å². The molecule has 0 N–H and O–H groups in total. The van der Waals surface area contributed by atoms with Gasteiger partial charge in [-0.15, -0.1) is 0 Å². The zero-order chi connectivity index (χ0) is 18.2. The average Bonchev–Trinajstić information content (AvgIpc) is 3.28.